The maximum Gasteiger partial charge on any atom is 0.248 e. The summed E-state index contributed by atoms with van der Waals surface area (Å²) in [6.07, 6.45) is 0.116. The molecule has 1 saturated heterocycles. The third-order valence-corrected chi connectivity index (χ3v) is 3.39. The number of piperazine rings is 1. The van der Waals surface area contributed by atoms with Crippen LogP contribution in [0.2, 0.25) is 0 Å². The highest BCUT2D eigenvalue weighted by Crippen LogP contribution is 2.30. The second-order valence-corrected chi connectivity index (χ2v) is 7.30. The molecule has 1 atom stereocenters. The number of hydrogen-bond donors (Lipinski definition) is 1. The van der Waals surface area contributed by atoms with Gasteiger partial charge in [-0.2, -0.15) is 0 Å². The van der Waals surface area contributed by atoms with Crippen LogP contribution in [0.3, 0.4) is 0 Å². The Morgan fingerprint density at radius 2 is 1.85 bits per heavy atom. The summed E-state index contributed by atoms with van der Waals surface area (Å²) in [6.45, 7) is 14.2. The molecule has 1 unspecified atom stereocenters. The van der Waals surface area contributed by atoms with Crippen LogP contribution in [0.1, 0.15) is 48.5 Å². The van der Waals surface area contributed by atoms with Crippen LogP contribution < -0.4 is 5.32 Å². The van der Waals surface area contributed by atoms with E-state index in [-0.39, 0.29) is 23.3 Å². The fourth-order valence-electron chi connectivity index (χ4n) is 2.53. The Hall–Kier alpha value is -1.10. The van der Waals surface area contributed by atoms with Crippen molar-refractivity contribution in [1.29, 1.82) is 0 Å². The second-order valence-electron chi connectivity index (χ2n) is 7.30. The van der Waals surface area contributed by atoms with Gasteiger partial charge >= 0.3 is 0 Å². The van der Waals surface area contributed by atoms with Gasteiger partial charge in [-0.3, -0.25) is 9.59 Å². The van der Waals surface area contributed by atoms with Crippen LogP contribution in [0.5, 0.6) is 0 Å². The maximum atomic E-state index is 12.6. The molecule has 0 bridgehead atoms. The molecule has 0 saturated carbocycles. The molecule has 20 heavy (non-hydrogen) atoms. The van der Waals surface area contributed by atoms with Gasteiger partial charge in [0.05, 0.1) is 12.7 Å². The fourth-order valence-corrected chi connectivity index (χ4v) is 2.53. The van der Waals surface area contributed by atoms with Crippen molar-refractivity contribution in [2.45, 2.75) is 66.2 Å². The van der Waals surface area contributed by atoms with Crippen LogP contribution in [0, 0.1) is 5.41 Å². The average molecular weight is 284 g/mol. The quantitative estimate of drug-likeness (QED) is 0.852. The summed E-state index contributed by atoms with van der Waals surface area (Å²) in [7, 11) is 0. The lowest BCUT2D eigenvalue weighted by Gasteiger charge is -2.47. The van der Waals surface area contributed by atoms with Crippen LogP contribution in [0.15, 0.2) is 0 Å². The predicted molar refractivity (Wildman–Crippen MR) is 78.3 cm³/mol. The zero-order chi connectivity index (χ0) is 15.7. The van der Waals surface area contributed by atoms with Crippen molar-refractivity contribution in [3.05, 3.63) is 0 Å². The highest BCUT2D eigenvalue weighted by atomic mass is 16.5. The lowest BCUT2D eigenvalue weighted by atomic mass is 9.81. The molecule has 2 amide bonds. The van der Waals surface area contributed by atoms with E-state index in [1.165, 1.54) is 0 Å². The average Bonchev–Trinajstić information content (AvgIpc) is 2.21. The van der Waals surface area contributed by atoms with Crippen molar-refractivity contribution in [1.82, 2.24) is 10.2 Å². The van der Waals surface area contributed by atoms with Crippen LogP contribution in [-0.2, 0) is 14.3 Å². The Morgan fingerprint density at radius 3 is 2.30 bits per heavy atom. The first-order valence-corrected chi connectivity index (χ1v) is 7.21. The maximum absolute atomic E-state index is 12.6. The summed E-state index contributed by atoms with van der Waals surface area (Å²) >= 11 is 0. The summed E-state index contributed by atoms with van der Waals surface area (Å²) in [5, 5.41) is 2.82. The summed E-state index contributed by atoms with van der Waals surface area (Å²) in [5.74, 6) is -0.143. The van der Waals surface area contributed by atoms with Crippen LogP contribution in [0.25, 0.3) is 0 Å². The van der Waals surface area contributed by atoms with Crippen molar-refractivity contribution < 1.29 is 14.3 Å². The molecule has 5 nitrogen and oxygen atoms in total. The third-order valence-electron chi connectivity index (χ3n) is 3.39. The summed E-state index contributed by atoms with van der Waals surface area (Å²) < 4.78 is 5.53. The minimum absolute atomic E-state index is 0.0515. The van der Waals surface area contributed by atoms with Gasteiger partial charge in [-0.15, -0.1) is 0 Å². The molecule has 1 rings (SSSR count). The molecule has 0 spiro atoms. The molecule has 5 heteroatoms. The Kier molecular flexibility index (Phi) is 4.85. The third kappa shape index (κ3) is 3.72. The Balaban J connectivity index is 2.95. The lowest BCUT2D eigenvalue weighted by Crippen LogP contribution is -2.71. The van der Waals surface area contributed by atoms with Gasteiger partial charge in [-0.1, -0.05) is 20.8 Å². The molecule has 0 radical (unpaired) electrons. The van der Waals surface area contributed by atoms with Gasteiger partial charge in [0.2, 0.25) is 11.8 Å². The number of amides is 2. The van der Waals surface area contributed by atoms with Crippen LogP contribution >= 0.6 is 0 Å². The van der Waals surface area contributed by atoms with Crippen LogP contribution in [-0.4, -0.2) is 47.6 Å². The standard InChI is InChI=1S/C15H28N2O3/c1-10(2)20-9-8-17-11(14(3,4)5)12(18)16-15(6,7)13(17)19/h10-11H,8-9H2,1-7H3,(H,16,18). The van der Waals surface area contributed by atoms with Gasteiger partial charge in [-0.05, 0) is 33.1 Å². The summed E-state index contributed by atoms with van der Waals surface area (Å²) in [5.41, 5.74) is -1.16. The van der Waals surface area contributed by atoms with Gasteiger partial charge in [0.25, 0.3) is 0 Å². The first-order valence-electron chi connectivity index (χ1n) is 7.21. The van der Waals surface area contributed by atoms with Crippen molar-refractivity contribution >= 4 is 11.8 Å². The Bertz CT molecular complexity index is 383. The number of nitrogens with one attached hydrogen (secondary N) is 1. The van der Waals surface area contributed by atoms with E-state index in [0.29, 0.717) is 13.2 Å². The summed E-state index contributed by atoms with van der Waals surface area (Å²) in [6, 6.07) is -0.459. The predicted octanol–water partition coefficient (Wildman–Crippen LogP) is 1.56. The lowest BCUT2D eigenvalue weighted by molar-refractivity contribution is -0.159. The summed E-state index contributed by atoms with van der Waals surface area (Å²) in [4.78, 5) is 26.6. The van der Waals surface area contributed by atoms with Gasteiger partial charge < -0.3 is 15.0 Å². The van der Waals surface area contributed by atoms with Gasteiger partial charge in [-0.25, -0.2) is 0 Å². The topological polar surface area (TPSA) is 58.6 Å². The molecule has 1 heterocycles. The zero-order valence-electron chi connectivity index (χ0n) is 13.7. The van der Waals surface area contributed by atoms with E-state index in [9.17, 15) is 9.59 Å². The highest BCUT2D eigenvalue weighted by molar-refractivity contribution is 5.99. The van der Waals surface area contributed by atoms with Gasteiger partial charge in [0.15, 0.2) is 0 Å². The van der Waals surface area contributed by atoms with E-state index >= 15 is 0 Å². The molecule has 1 fully saturated rings. The smallest absolute Gasteiger partial charge is 0.248 e. The fraction of sp³-hybridized carbons (Fsp3) is 0.867. The molecule has 1 aliphatic heterocycles. The van der Waals surface area contributed by atoms with E-state index in [1.807, 2.05) is 34.6 Å². The molecular formula is C15H28N2O3. The van der Waals surface area contributed by atoms with Crippen molar-refractivity contribution in [2.24, 2.45) is 5.41 Å². The number of rotatable bonds is 4. The molecule has 0 aromatic rings. The number of carbonyl (C=O) groups excluding carboxylic acids is 2. The molecule has 1 aliphatic rings. The number of ether oxygens (including phenoxy) is 1. The second kappa shape index (κ2) is 5.72. The molecule has 116 valence electrons. The first-order chi connectivity index (χ1) is 8.97. The monoisotopic (exact) mass is 284 g/mol. The minimum atomic E-state index is -0.851. The molecular weight excluding hydrogens is 256 g/mol. The Morgan fingerprint density at radius 1 is 1.30 bits per heavy atom. The molecule has 0 aliphatic carbocycles. The Labute approximate surface area is 122 Å². The number of nitrogens with zero attached hydrogens (tertiary/aromatic N) is 1. The number of carbonyl (C=O) groups is 2. The SMILES string of the molecule is CC(C)OCCN1C(=O)C(C)(C)NC(=O)C1C(C)(C)C. The van der Waals surface area contributed by atoms with Crippen molar-refractivity contribution in [2.75, 3.05) is 13.2 Å². The van der Waals surface area contributed by atoms with Gasteiger partial charge in [0.1, 0.15) is 11.6 Å². The van der Waals surface area contributed by atoms with E-state index < -0.39 is 11.6 Å². The van der Waals surface area contributed by atoms with Crippen molar-refractivity contribution in [3.8, 4) is 0 Å². The normalized spacial score (nSPS) is 23.2. The largest absolute Gasteiger partial charge is 0.377 e. The minimum Gasteiger partial charge on any atom is -0.377 e. The first kappa shape index (κ1) is 17.0. The van der Waals surface area contributed by atoms with Crippen LogP contribution in [0.4, 0.5) is 0 Å². The zero-order valence-corrected chi connectivity index (χ0v) is 13.7. The molecule has 1 N–H and O–H groups in total. The molecule has 0 aromatic heterocycles. The number of hydrogen-bond acceptors (Lipinski definition) is 3. The van der Waals surface area contributed by atoms with E-state index in [4.69, 9.17) is 4.74 Å². The van der Waals surface area contributed by atoms with Crippen molar-refractivity contribution in [3.63, 3.8) is 0 Å². The van der Waals surface area contributed by atoms with Gasteiger partial charge in [0, 0.05) is 6.54 Å². The van der Waals surface area contributed by atoms with E-state index in [1.54, 1.807) is 18.7 Å². The van der Waals surface area contributed by atoms with E-state index in [0.717, 1.165) is 0 Å². The van der Waals surface area contributed by atoms with E-state index in [2.05, 4.69) is 5.32 Å². The highest BCUT2D eigenvalue weighted by Gasteiger charge is 2.49. The molecule has 0 aromatic carbocycles.